The van der Waals surface area contributed by atoms with Gasteiger partial charge in [0.05, 0.1) is 0 Å². The van der Waals surface area contributed by atoms with Crippen LogP contribution in [0.1, 0.15) is 42.4 Å². The molecular weight excluding hydrogens is 288 g/mol. The summed E-state index contributed by atoms with van der Waals surface area (Å²) in [6.07, 6.45) is 15.4. The van der Waals surface area contributed by atoms with Crippen molar-refractivity contribution in [3.05, 3.63) is 102 Å². The van der Waals surface area contributed by atoms with Crippen molar-refractivity contribution >= 4 is 17.7 Å². The van der Waals surface area contributed by atoms with Gasteiger partial charge < -0.3 is 0 Å². The normalized spacial score (nSPS) is 15.3. The molecule has 3 rings (SSSR count). The first-order chi connectivity index (χ1) is 11.9. The second-order valence-electron chi connectivity index (χ2n) is 6.14. The monoisotopic (exact) mass is 312 g/mol. The Balaban J connectivity index is 1.99. The molecule has 0 nitrogen and oxygen atoms in total. The van der Waals surface area contributed by atoms with Gasteiger partial charge in [-0.25, -0.2) is 0 Å². The van der Waals surface area contributed by atoms with Gasteiger partial charge in [-0.15, -0.1) is 0 Å². The maximum atomic E-state index is 3.79. The van der Waals surface area contributed by atoms with E-state index in [4.69, 9.17) is 0 Å². The molecular formula is C24H24. The Morgan fingerprint density at radius 3 is 2.33 bits per heavy atom. The number of hydrogen-bond donors (Lipinski definition) is 0. The molecule has 0 radical (unpaired) electrons. The molecule has 0 heteroatoms. The molecule has 0 aliphatic heterocycles. The van der Waals surface area contributed by atoms with Crippen molar-refractivity contribution in [2.75, 3.05) is 0 Å². The van der Waals surface area contributed by atoms with E-state index in [1.54, 1.807) is 0 Å². The van der Waals surface area contributed by atoms with Crippen molar-refractivity contribution in [1.29, 1.82) is 0 Å². The van der Waals surface area contributed by atoms with E-state index in [1.165, 1.54) is 40.7 Å². The van der Waals surface area contributed by atoms with E-state index in [0.717, 1.165) is 12.8 Å². The predicted molar refractivity (Wildman–Crippen MR) is 107 cm³/mol. The maximum Gasteiger partial charge on any atom is -0.0149 e. The summed E-state index contributed by atoms with van der Waals surface area (Å²) in [6.45, 7) is 3.79. The van der Waals surface area contributed by atoms with Crippen LogP contribution >= 0.6 is 0 Å². The van der Waals surface area contributed by atoms with Gasteiger partial charge in [0.15, 0.2) is 0 Å². The van der Waals surface area contributed by atoms with E-state index in [0.29, 0.717) is 0 Å². The summed E-state index contributed by atoms with van der Waals surface area (Å²) in [5, 5.41) is 0. The zero-order valence-corrected chi connectivity index (χ0v) is 14.1. The maximum absolute atomic E-state index is 3.79. The molecule has 0 spiro atoms. The molecule has 0 saturated carbocycles. The van der Waals surface area contributed by atoms with Crippen molar-refractivity contribution in [3.63, 3.8) is 0 Å². The molecule has 0 bridgehead atoms. The molecule has 1 aliphatic carbocycles. The minimum absolute atomic E-state index is 1.16. The van der Waals surface area contributed by atoms with Crippen LogP contribution in [0.2, 0.25) is 0 Å². The fourth-order valence-electron chi connectivity index (χ4n) is 3.27. The topological polar surface area (TPSA) is 0 Å². The van der Waals surface area contributed by atoms with Crippen molar-refractivity contribution in [1.82, 2.24) is 0 Å². The zero-order chi connectivity index (χ0) is 16.6. The van der Waals surface area contributed by atoms with E-state index in [2.05, 4.69) is 79.4 Å². The second kappa shape index (κ2) is 8.31. The van der Waals surface area contributed by atoms with Crippen molar-refractivity contribution in [2.45, 2.75) is 25.7 Å². The Hall–Kier alpha value is -2.60. The van der Waals surface area contributed by atoms with Gasteiger partial charge in [0.2, 0.25) is 0 Å². The second-order valence-corrected chi connectivity index (χ2v) is 6.14. The molecule has 0 unspecified atom stereocenters. The molecule has 0 aromatic heterocycles. The standard InChI is InChI=1S/C24H24/c1-2-3-13-21-14-7-9-16-23(21)24-17-10-8-15-22(24)19-18-20-11-5-4-6-12-20/h2-7,9,11-14,16,18-19H,1,8,10,15,17H2. The van der Waals surface area contributed by atoms with Crippen LogP contribution in [0.4, 0.5) is 0 Å². The predicted octanol–water partition coefficient (Wildman–Crippen LogP) is 6.93. The van der Waals surface area contributed by atoms with Crippen LogP contribution in [0.15, 0.2) is 85.0 Å². The Morgan fingerprint density at radius 2 is 1.50 bits per heavy atom. The van der Waals surface area contributed by atoms with Gasteiger partial charge in [-0.1, -0.05) is 91.6 Å². The lowest BCUT2D eigenvalue weighted by atomic mass is 9.85. The van der Waals surface area contributed by atoms with E-state index in [1.807, 2.05) is 12.2 Å². The van der Waals surface area contributed by atoms with Crippen LogP contribution in [-0.2, 0) is 0 Å². The van der Waals surface area contributed by atoms with Crippen LogP contribution in [-0.4, -0.2) is 0 Å². The van der Waals surface area contributed by atoms with Gasteiger partial charge in [-0.3, -0.25) is 0 Å². The Bertz CT molecular complexity index is 773. The number of rotatable bonds is 5. The highest BCUT2D eigenvalue weighted by Crippen LogP contribution is 2.35. The number of allylic oxidation sites excluding steroid dienone is 5. The third kappa shape index (κ3) is 4.02. The summed E-state index contributed by atoms with van der Waals surface area (Å²) < 4.78 is 0. The van der Waals surface area contributed by atoms with Crippen LogP contribution in [0.25, 0.3) is 17.7 Å². The quantitative estimate of drug-likeness (QED) is 0.525. The largest absolute Gasteiger partial charge is 0.0991 e. The Kier molecular flexibility index (Phi) is 5.63. The average molecular weight is 312 g/mol. The first-order valence-corrected chi connectivity index (χ1v) is 8.72. The van der Waals surface area contributed by atoms with Crippen LogP contribution in [0.3, 0.4) is 0 Å². The molecule has 2 aromatic rings. The van der Waals surface area contributed by atoms with Crippen molar-refractivity contribution in [3.8, 4) is 0 Å². The summed E-state index contributed by atoms with van der Waals surface area (Å²) in [4.78, 5) is 0. The summed E-state index contributed by atoms with van der Waals surface area (Å²) in [5.74, 6) is 0. The molecule has 0 N–H and O–H groups in total. The molecule has 0 amide bonds. The fraction of sp³-hybridized carbons (Fsp3) is 0.167. The highest BCUT2D eigenvalue weighted by atomic mass is 14.2. The lowest BCUT2D eigenvalue weighted by molar-refractivity contribution is 0.724. The molecule has 2 aromatic carbocycles. The molecule has 1 aliphatic rings. The number of hydrogen-bond acceptors (Lipinski definition) is 0. The summed E-state index contributed by atoms with van der Waals surface area (Å²) in [5.41, 5.74) is 6.87. The van der Waals surface area contributed by atoms with Crippen molar-refractivity contribution < 1.29 is 0 Å². The third-order valence-electron chi connectivity index (χ3n) is 4.48. The molecule has 0 saturated heterocycles. The highest BCUT2D eigenvalue weighted by molar-refractivity contribution is 5.79. The first-order valence-electron chi connectivity index (χ1n) is 8.72. The van der Waals surface area contributed by atoms with E-state index >= 15 is 0 Å². The lowest BCUT2D eigenvalue weighted by Gasteiger charge is -2.20. The first kappa shape index (κ1) is 16.3. The lowest BCUT2D eigenvalue weighted by Crippen LogP contribution is -1.99. The van der Waals surface area contributed by atoms with Gasteiger partial charge in [0.1, 0.15) is 0 Å². The van der Waals surface area contributed by atoms with Crippen LogP contribution < -0.4 is 0 Å². The molecule has 120 valence electrons. The van der Waals surface area contributed by atoms with E-state index in [9.17, 15) is 0 Å². The van der Waals surface area contributed by atoms with Crippen molar-refractivity contribution in [2.24, 2.45) is 0 Å². The fourth-order valence-corrected chi connectivity index (χ4v) is 3.27. The SMILES string of the molecule is C=CC=Cc1ccccc1C1=C(C=Cc2ccccc2)CCCC1. The Morgan fingerprint density at radius 1 is 0.750 bits per heavy atom. The Labute approximate surface area is 145 Å². The van der Waals surface area contributed by atoms with Crippen LogP contribution in [0.5, 0.6) is 0 Å². The third-order valence-corrected chi connectivity index (χ3v) is 4.48. The van der Waals surface area contributed by atoms with E-state index < -0.39 is 0 Å². The van der Waals surface area contributed by atoms with Gasteiger partial charge in [0, 0.05) is 0 Å². The van der Waals surface area contributed by atoms with Gasteiger partial charge in [0.25, 0.3) is 0 Å². The number of benzene rings is 2. The minimum atomic E-state index is 1.16. The minimum Gasteiger partial charge on any atom is -0.0991 e. The highest BCUT2D eigenvalue weighted by Gasteiger charge is 2.14. The molecule has 0 heterocycles. The zero-order valence-electron chi connectivity index (χ0n) is 14.1. The van der Waals surface area contributed by atoms with Gasteiger partial charge >= 0.3 is 0 Å². The van der Waals surface area contributed by atoms with Gasteiger partial charge in [-0.05, 0) is 53.5 Å². The molecule has 0 atom stereocenters. The summed E-state index contributed by atoms with van der Waals surface area (Å²) in [6, 6.07) is 19.2. The van der Waals surface area contributed by atoms with E-state index in [-0.39, 0.29) is 0 Å². The smallest absolute Gasteiger partial charge is 0.0149 e. The average Bonchev–Trinajstić information content (AvgIpc) is 2.66. The molecule has 24 heavy (non-hydrogen) atoms. The van der Waals surface area contributed by atoms with Crippen LogP contribution in [0, 0.1) is 0 Å². The van der Waals surface area contributed by atoms with Gasteiger partial charge in [-0.2, -0.15) is 0 Å². The summed E-state index contributed by atoms with van der Waals surface area (Å²) in [7, 11) is 0. The summed E-state index contributed by atoms with van der Waals surface area (Å²) >= 11 is 0. The molecule has 0 fully saturated rings.